The molecular weight excluding hydrogens is 369 g/mol. The average Bonchev–Trinajstić information content (AvgIpc) is 2.42. The van der Waals surface area contributed by atoms with Crippen LogP contribution >= 0.6 is 35.7 Å². The zero-order valence-corrected chi connectivity index (χ0v) is 13.8. The zero-order chi connectivity index (χ0) is 12.8. The van der Waals surface area contributed by atoms with Gasteiger partial charge in [-0.2, -0.15) is 0 Å². The molecule has 0 atom stereocenters. The van der Waals surface area contributed by atoms with Gasteiger partial charge in [-0.25, -0.2) is 0 Å². The first-order valence-electron chi connectivity index (χ1n) is 5.78. The van der Waals surface area contributed by atoms with Crippen LogP contribution < -0.4 is 0 Å². The Morgan fingerprint density at radius 3 is 2.05 bits per heavy atom. The van der Waals surface area contributed by atoms with E-state index in [1.807, 2.05) is 66.9 Å². The van der Waals surface area contributed by atoms with Crippen LogP contribution in [-0.4, -0.2) is 21.2 Å². The summed E-state index contributed by atoms with van der Waals surface area (Å²) in [7, 11) is 0. The van der Waals surface area contributed by atoms with Gasteiger partial charge in [0.2, 0.25) is 6.54 Å². The van der Waals surface area contributed by atoms with Crippen LogP contribution in [0.15, 0.2) is 60.7 Å². The number of benzene rings is 2. The molecule has 19 heavy (non-hydrogen) atoms. The molecule has 2 rings (SSSR count). The molecule has 0 radical (unpaired) electrons. The standard InChI is InChI=1S/C15H16NOS.HI/c1-18-15(14-10-6-3-7-11-14)16(17)12-13-8-4-2-5-9-13;/h2-11,17H,12H2,1H3;1H/q+1;/b16-15+;. The van der Waals surface area contributed by atoms with Gasteiger partial charge in [-0.1, -0.05) is 60.3 Å². The molecule has 0 saturated heterocycles. The van der Waals surface area contributed by atoms with Crippen molar-refractivity contribution >= 4 is 40.8 Å². The van der Waals surface area contributed by atoms with Crippen LogP contribution in [0.5, 0.6) is 0 Å². The van der Waals surface area contributed by atoms with Gasteiger partial charge in [0.05, 0.1) is 5.56 Å². The van der Waals surface area contributed by atoms with Crippen molar-refractivity contribution in [1.29, 1.82) is 0 Å². The Morgan fingerprint density at radius 2 is 1.53 bits per heavy atom. The Bertz CT molecular complexity index is 528. The first kappa shape index (κ1) is 16.0. The minimum Gasteiger partial charge on any atom is -0.289 e. The van der Waals surface area contributed by atoms with Crippen LogP contribution in [0, 0.1) is 0 Å². The van der Waals surface area contributed by atoms with E-state index >= 15 is 0 Å². The molecule has 0 unspecified atom stereocenters. The summed E-state index contributed by atoms with van der Waals surface area (Å²) >= 11 is 1.54. The molecule has 0 spiro atoms. The maximum Gasteiger partial charge on any atom is 0.291 e. The normalized spacial score (nSPS) is 11.4. The van der Waals surface area contributed by atoms with Gasteiger partial charge >= 0.3 is 0 Å². The minimum absolute atomic E-state index is 0. The molecule has 0 amide bonds. The van der Waals surface area contributed by atoms with E-state index in [4.69, 9.17) is 0 Å². The summed E-state index contributed by atoms with van der Waals surface area (Å²) in [4.78, 5) is 0. The highest BCUT2D eigenvalue weighted by molar-refractivity contribution is 14.0. The second-order valence-electron chi connectivity index (χ2n) is 3.92. The molecule has 4 heteroatoms. The first-order chi connectivity index (χ1) is 8.81. The van der Waals surface area contributed by atoms with Gasteiger partial charge in [0, 0.05) is 5.56 Å². The molecule has 2 aromatic carbocycles. The van der Waals surface area contributed by atoms with Crippen molar-refractivity contribution in [3.05, 3.63) is 71.8 Å². The zero-order valence-electron chi connectivity index (χ0n) is 10.7. The van der Waals surface area contributed by atoms with E-state index < -0.39 is 0 Å². The Kier molecular flexibility index (Phi) is 6.94. The third-order valence-corrected chi connectivity index (χ3v) is 3.46. The van der Waals surface area contributed by atoms with Crippen molar-refractivity contribution in [3.63, 3.8) is 0 Å². The van der Waals surface area contributed by atoms with Gasteiger partial charge < -0.3 is 0 Å². The molecule has 0 aliphatic rings. The number of hydrogen-bond donors (Lipinski definition) is 1. The summed E-state index contributed by atoms with van der Waals surface area (Å²) in [6.45, 7) is 0.492. The number of nitrogens with zero attached hydrogens (tertiary/aromatic N) is 1. The maximum atomic E-state index is 10.2. The summed E-state index contributed by atoms with van der Waals surface area (Å²) in [5.41, 5.74) is 2.12. The second-order valence-corrected chi connectivity index (χ2v) is 4.71. The molecular formula is C15H17INOS+. The Hall–Kier alpha value is -1.01. The van der Waals surface area contributed by atoms with Gasteiger partial charge in [-0.05, 0) is 23.1 Å². The highest BCUT2D eigenvalue weighted by Gasteiger charge is 2.16. The highest BCUT2D eigenvalue weighted by Crippen LogP contribution is 2.11. The molecule has 0 fully saturated rings. The molecule has 0 aliphatic carbocycles. The van der Waals surface area contributed by atoms with Gasteiger partial charge in [0.15, 0.2) is 0 Å². The summed E-state index contributed by atoms with van der Waals surface area (Å²) in [6.07, 6.45) is 1.97. The number of rotatable bonds is 3. The topological polar surface area (TPSA) is 23.2 Å². The van der Waals surface area contributed by atoms with Crippen molar-refractivity contribution < 1.29 is 9.95 Å². The number of thioether (sulfide) groups is 1. The van der Waals surface area contributed by atoms with E-state index in [9.17, 15) is 5.21 Å². The van der Waals surface area contributed by atoms with Crippen LogP contribution in [0.2, 0.25) is 0 Å². The fourth-order valence-electron chi connectivity index (χ4n) is 1.78. The lowest BCUT2D eigenvalue weighted by Crippen LogP contribution is -2.16. The van der Waals surface area contributed by atoms with E-state index in [2.05, 4.69) is 0 Å². The Morgan fingerprint density at radius 1 is 1.00 bits per heavy atom. The summed E-state index contributed by atoms with van der Waals surface area (Å²) in [5, 5.41) is 11.1. The van der Waals surface area contributed by atoms with E-state index in [0.29, 0.717) is 6.54 Å². The third-order valence-electron chi connectivity index (χ3n) is 2.62. The monoisotopic (exact) mass is 386 g/mol. The lowest BCUT2D eigenvalue weighted by atomic mass is 10.2. The second kappa shape index (κ2) is 8.22. The van der Waals surface area contributed by atoms with E-state index in [1.54, 1.807) is 11.8 Å². The van der Waals surface area contributed by atoms with Gasteiger partial charge in [0.1, 0.15) is 0 Å². The molecule has 0 heterocycles. The van der Waals surface area contributed by atoms with Gasteiger partial charge in [-0.15, -0.1) is 24.0 Å². The van der Waals surface area contributed by atoms with Gasteiger partial charge in [-0.3, -0.25) is 5.21 Å². The van der Waals surface area contributed by atoms with Crippen LogP contribution in [0.4, 0.5) is 0 Å². The SMILES string of the molecule is CS/C(c1ccccc1)=[N+](/O)Cc1ccccc1.I. The molecule has 0 bridgehead atoms. The average molecular weight is 386 g/mol. The van der Waals surface area contributed by atoms with Crippen LogP contribution in [0.1, 0.15) is 11.1 Å². The van der Waals surface area contributed by atoms with E-state index in [1.165, 1.54) is 4.74 Å². The lowest BCUT2D eigenvalue weighted by molar-refractivity contribution is -0.784. The van der Waals surface area contributed by atoms with Crippen LogP contribution in [0.3, 0.4) is 0 Å². The summed E-state index contributed by atoms with van der Waals surface area (Å²) < 4.78 is 1.30. The van der Waals surface area contributed by atoms with Crippen LogP contribution in [0.25, 0.3) is 0 Å². The fraction of sp³-hybridized carbons (Fsp3) is 0.133. The molecule has 100 valence electrons. The van der Waals surface area contributed by atoms with E-state index in [0.717, 1.165) is 16.2 Å². The highest BCUT2D eigenvalue weighted by atomic mass is 127. The smallest absolute Gasteiger partial charge is 0.289 e. The molecule has 0 aromatic heterocycles. The van der Waals surface area contributed by atoms with Crippen molar-refractivity contribution in [2.75, 3.05) is 6.26 Å². The minimum atomic E-state index is 0. The van der Waals surface area contributed by atoms with Crippen molar-refractivity contribution in [2.45, 2.75) is 6.54 Å². The third kappa shape index (κ3) is 4.54. The Balaban J connectivity index is 0.00000180. The molecule has 2 aromatic rings. The fourth-order valence-corrected chi connectivity index (χ4v) is 2.43. The number of hydrogen-bond acceptors (Lipinski definition) is 2. The van der Waals surface area contributed by atoms with Crippen molar-refractivity contribution in [2.24, 2.45) is 0 Å². The molecule has 2 nitrogen and oxygen atoms in total. The van der Waals surface area contributed by atoms with Crippen molar-refractivity contribution in [3.8, 4) is 0 Å². The predicted molar refractivity (Wildman–Crippen MR) is 91.7 cm³/mol. The van der Waals surface area contributed by atoms with Gasteiger partial charge in [0.25, 0.3) is 5.04 Å². The summed E-state index contributed by atoms with van der Waals surface area (Å²) in [5.74, 6) is 0. The summed E-state index contributed by atoms with van der Waals surface area (Å²) in [6, 6.07) is 19.9. The number of halogens is 1. The van der Waals surface area contributed by atoms with Crippen molar-refractivity contribution in [1.82, 2.24) is 0 Å². The number of hydroxylamine groups is 1. The first-order valence-corrected chi connectivity index (χ1v) is 7.00. The quantitative estimate of drug-likeness (QED) is 0.215. The van der Waals surface area contributed by atoms with E-state index in [-0.39, 0.29) is 24.0 Å². The molecule has 1 N–H and O–H groups in total. The lowest BCUT2D eigenvalue weighted by Gasteiger charge is -2.01. The van der Waals surface area contributed by atoms with Crippen LogP contribution in [-0.2, 0) is 6.54 Å². The maximum absolute atomic E-state index is 10.2. The molecule has 0 saturated carbocycles. The Labute approximate surface area is 135 Å². The predicted octanol–water partition coefficient (Wildman–Crippen LogP) is 4.02. The molecule has 0 aliphatic heterocycles. The largest absolute Gasteiger partial charge is 0.291 e.